The van der Waals surface area contributed by atoms with Crippen molar-refractivity contribution in [1.29, 1.82) is 0 Å². The van der Waals surface area contributed by atoms with Gasteiger partial charge in [-0.3, -0.25) is 4.79 Å². The second-order valence-electron chi connectivity index (χ2n) is 10.3. The lowest BCUT2D eigenvalue weighted by Crippen LogP contribution is -2.47. The molecular formula is C27H25F4N5O2. The van der Waals surface area contributed by atoms with Gasteiger partial charge in [0.25, 0.3) is 0 Å². The summed E-state index contributed by atoms with van der Waals surface area (Å²) in [5.41, 5.74) is 0.682. The van der Waals surface area contributed by atoms with E-state index in [1.165, 1.54) is 18.2 Å². The molecule has 2 aromatic carbocycles. The molecule has 1 unspecified atom stereocenters. The molecule has 0 bridgehead atoms. The molecule has 11 heteroatoms. The summed E-state index contributed by atoms with van der Waals surface area (Å²) >= 11 is 0. The smallest absolute Gasteiger partial charge is 0.416 e. The van der Waals surface area contributed by atoms with Crippen LogP contribution in [0.1, 0.15) is 32.3 Å². The number of hydrogen-bond acceptors (Lipinski definition) is 5. The number of aromatic amines is 1. The highest BCUT2D eigenvalue weighted by Crippen LogP contribution is 2.38. The first kappa shape index (κ1) is 25.6. The Labute approximate surface area is 215 Å². The number of aromatic nitrogens is 4. The van der Waals surface area contributed by atoms with E-state index in [2.05, 4.69) is 19.9 Å². The summed E-state index contributed by atoms with van der Waals surface area (Å²) in [5, 5.41) is 9.18. The number of rotatable bonds is 5. The Morgan fingerprint density at radius 3 is 2.50 bits per heavy atom. The van der Waals surface area contributed by atoms with Crippen molar-refractivity contribution >= 4 is 23.0 Å². The van der Waals surface area contributed by atoms with E-state index in [9.17, 15) is 23.1 Å². The van der Waals surface area contributed by atoms with Gasteiger partial charge in [-0.2, -0.15) is 13.2 Å². The second kappa shape index (κ2) is 9.38. The zero-order valence-electron chi connectivity index (χ0n) is 20.7. The Bertz CT molecular complexity index is 1500. The van der Waals surface area contributed by atoms with Crippen LogP contribution in [0.2, 0.25) is 0 Å². The number of nitrogens with zero attached hydrogens (tertiary/aromatic N) is 4. The molecule has 2 N–H and O–H groups in total. The van der Waals surface area contributed by atoms with Gasteiger partial charge in [0.05, 0.1) is 22.2 Å². The van der Waals surface area contributed by atoms with Crippen LogP contribution in [0, 0.1) is 17.2 Å². The van der Waals surface area contributed by atoms with Gasteiger partial charge in [0.2, 0.25) is 5.95 Å². The molecule has 5 rings (SSSR count). The molecule has 7 nitrogen and oxygen atoms in total. The number of carboxylic acid groups (broad SMARTS) is 1. The Hall–Kier alpha value is -4.02. The quantitative estimate of drug-likeness (QED) is 0.302. The number of hydrogen-bond donors (Lipinski definition) is 2. The molecule has 0 saturated carbocycles. The van der Waals surface area contributed by atoms with Crippen molar-refractivity contribution in [3.8, 4) is 22.5 Å². The van der Waals surface area contributed by atoms with Crippen LogP contribution in [-0.4, -0.2) is 44.1 Å². The van der Waals surface area contributed by atoms with Gasteiger partial charge < -0.3 is 15.0 Å². The van der Waals surface area contributed by atoms with Gasteiger partial charge in [-0.1, -0.05) is 19.9 Å². The predicted octanol–water partition coefficient (Wildman–Crippen LogP) is 6.17. The van der Waals surface area contributed by atoms with Crippen LogP contribution in [0.5, 0.6) is 0 Å². The first-order valence-corrected chi connectivity index (χ1v) is 12.1. The minimum atomic E-state index is -4.50. The number of H-pyrrole nitrogens is 1. The number of alkyl halides is 3. The van der Waals surface area contributed by atoms with Crippen molar-refractivity contribution in [3.63, 3.8) is 0 Å². The molecule has 0 aliphatic carbocycles. The molecule has 0 radical (unpaired) electrons. The maximum Gasteiger partial charge on any atom is 0.416 e. The summed E-state index contributed by atoms with van der Waals surface area (Å²) in [5.74, 6) is -0.678. The maximum atomic E-state index is 15.1. The number of imidazole rings is 1. The molecule has 1 aliphatic rings. The van der Waals surface area contributed by atoms with Crippen LogP contribution in [-0.2, 0) is 11.0 Å². The molecule has 1 atom stereocenters. The van der Waals surface area contributed by atoms with E-state index in [4.69, 9.17) is 0 Å². The SMILES string of the molecule is CC1(C)CN(c2ncc(-c3ccc(-c4nc5cc(C(F)(F)F)ccc5[nH]4)c(F)c3)cn2)CCC1CC(=O)O. The lowest BCUT2D eigenvalue weighted by Gasteiger charge is -2.43. The summed E-state index contributed by atoms with van der Waals surface area (Å²) in [7, 11) is 0. The first-order valence-electron chi connectivity index (χ1n) is 12.1. The fourth-order valence-electron chi connectivity index (χ4n) is 4.99. The van der Waals surface area contributed by atoms with Crippen molar-refractivity contribution in [1.82, 2.24) is 19.9 Å². The van der Waals surface area contributed by atoms with Crippen molar-refractivity contribution in [2.45, 2.75) is 32.9 Å². The Morgan fingerprint density at radius 1 is 1.13 bits per heavy atom. The summed E-state index contributed by atoms with van der Waals surface area (Å²) in [6.07, 6.45) is -0.439. The second-order valence-corrected chi connectivity index (χ2v) is 10.3. The fourth-order valence-corrected chi connectivity index (χ4v) is 4.99. The van der Waals surface area contributed by atoms with E-state index in [1.54, 1.807) is 18.5 Å². The standard InChI is InChI=1S/C27H25F4N5O2/c1-26(2)14-36(8-7-17(26)11-23(37)38)25-32-12-16(13-33-25)15-3-5-19(20(28)9-15)24-34-21-6-4-18(27(29,30)31)10-22(21)35-24/h3-6,9-10,12-13,17H,7-8,11,14H2,1-2H3,(H,34,35)(H,37,38). The summed E-state index contributed by atoms with van der Waals surface area (Å²) in [4.78, 5) is 29.2. The maximum absolute atomic E-state index is 15.1. The van der Waals surface area contributed by atoms with Crippen molar-refractivity contribution < 1.29 is 27.5 Å². The van der Waals surface area contributed by atoms with Gasteiger partial charge in [0.15, 0.2) is 0 Å². The van der Waals surface area contributed by atoms with Crippen LogP contribution in [0.25, 0.3) is 33.5 Å². The van der Waals surface area contributed by atoms with Crippen molar-refractivity contribution in [2.75, 3.05) is 18.0 Å². The molecular weight excluding hydrogens is 502 g/mol. The molecule has 1 aliphatic heterocycles. The molecule has 1 fully saturated rings. The normalized spacial score (nSPS) is 17.6. The molecule has 1 saturated heterocycles. The Balaban J connectivity index is 1.34. The van der Waals surface area contributed by atoms with E-state index in [-0.39, 0.29) is 34.7 Å². The molecule has 4 aromatic rings. The van der Waals surface area contributed by atoms with E-state index < -0.39 is 23.5 Å². The molecule has 2 aromatic heterocycles. The van der Waals surface area contributed by atoms with Crippen LogP contribution in [0.15, 0.2) is 48.8 Å². The number of carbonyl (C=O) groups is 1. The average Bonchev–Trinajstić information content (AvgIpc) is 3.27. The highest BCUT2D eigenvalue weighted by Gasteiger charge is 2.37. The third-order valence-corrected chi connectivity index (χ3v) is 7.16. The molecule has 3 heterocycles. The Kier molecular flexibility index (Phi) is 6.32. The van der Waals surface area contributed by atoms with Gasteiger partial charge in [0.1, 0.15) is 11.6 Å². The number of halogens is 4. The number of anilines is 1. The van der Waals surface area contributed by atoms with E-state index >= 15 is 4.39 Å². The summed E-state index contributed by atoms with van der Waals surface area (Å²) in [6.45, 7) is 5.35. The highest BCUT2D eigenvalue weighted by molar-refractivity contribution is 5.81. The minimum absolute atomic E-state index is 0.0652. The van der Waals surface area contributed by atoms with Gasteiger partial charge >= 0.3 is 12.1 Å². The number of benzene rings is 2. The van der Waals surface area contributed by atoms with Crippen LogP contribution < -0.4 is 4.90 Å². The van der Waals surface area contributed by atoms with Crippen LogP contribution >= 0.6 is 0 Å². The van der Waals surface area contributed by atoms with Crippen molar-refractivity contribution in [3.05, 3.63) is 60.2 Å². The van der Waals surface area contributed by atoms with Crippen LogP contribution in [0.3, 0.4) is 0 Å². The summed E-state index contributed by atoms with van der Waals surface area (Å²) < 4.78 is 54.1. The largest absolute Gasteiger partial charge is 0.481 e. The monoisotopic (exact) mass is 527 g/mol. The fraction of sp³-hybridized carbons (Fsp3) is 0.333. The highest BCUT2D eigenvalue weighted by atomic mass is 19.4. The lowest BCUT2D eigenvalue weighted by atomic mass is 9.72. The van der Waals surface area contributed by atoms with Gasteiger partial charge in [-0.05, 0) is 53.6 Å². The molecule has 0 spiro atoms. The molecule has 0 amide bonds. The lowest BCUT2D eigenvalue weighted by molar-refractivity contribution is -0.139. The number of piperidine rings is 1. The zero-order chi connectivity index (χ0) is 27.2. The van der Waals surface area contributed by atoms with Gasteiger partial charge in [0, 0.05) is 37.5 Å². The predicted molar refractivity (Wildman–Crippen MR) is 134 cm³/mol. The van der Waals surface area contributed by atoms with E-state index in [0.717, 1.165) is 18.6 Å². The first-order chi connectivity index (χ1) is 17.9. The number of nitrogens with one attached hydrogen (secondary N) is 1. The zero-order valence-corrected chi connectivity index (χ0v) is 20.7. The molecule has 198 valence electrons. The average molecular weight is 528 g/mol. The number of fused-ring (bicyclic) bond motifs is 1. The number of carboxylic acids is 1. The van der Waals surface area contributed by atoms with Gasteiger partial charge in [-0.25, -0.2) is 19.3 Å². The minimum Gasteiger partial charge on any atom is -0.481 e. The number of aliphatic carboxylic acids is 1. The van der Waals surface area contributed by atoms with Crippen molar-refractivity contribution in [2.24, 2.45) is 11.3 Å². The van der Waals surface area contributed by atoms with Crippen LogP contribution in [0.4, 0.5) is 23.5 Å². The molecule has 38 heavy (non-hydrogen) atoms. The topological polar surface area (TPSA) is 95.0 Å². The third-order valence-electron chi connectivity index (χ3n) is 7.16. The van der Waals surface area contributed by atoms with E-state index in [0.29, 0.717) is 35.7 Å². The Morgan fingerprint density at radius 2 is 1.87 bits per heavy atom. The third kappa shape index (κ3) is 5.05. The van der Waals surface area contributed by atoms with Gasteiger partial charge in [-0.15, -0.1) is 0 Å². The van der Waals surface area contributed by atoms with E-state index in [1.807, 2.05) is 18.7 Å². The summed E-state index contributed by atoms with van der Waals surface area (Å²) in [6, 6.07) is 7.64.